The van der Waals surface area contributed by atoms with Crippen LogP contribution in [-0.4, -0.2) is 42.4 Å². The highest BCUT2D eigenvalue weighted by atomic mass is 16.5. The van der Waals surface area contributed by atoms with Gasteiger partial charge in [-0.1, -0.05) is 12.1 Å². The molecule has 1 aliphatic rings. The third-order valence-corrected chi connectivity index (χ3v) is 3.70. The Hall–Kier alpha value is -3.14. The summed E-state index contributed by atoms with van der Waals surface area (Å²) < 4.78 is 4.80. The van der Waals surface area contributed by atoms with Crippen LogP contribution in [0, 0.1) is 11.3 Å². The molecule has 1 aromatic rings. The van der Waals surface area contributed by atoms with Crippen LogP contribution in [0.5, 0.6) is 0 Å². The molecule has 0 unspecified atom stereocenters. The minimum Gasteiger partial charge on any atom is -0.452 e. The number of ether oxygens (including phenoxy) is 1. The third kappa shape index (κ3) is 5.77. The molecule has 1 aliphatic heterocycles. The fraction of sp³-hybridized carbons (Fsp3) is 0.333. The molecule has 0 radical (unpaired) electrons. The minimum absolute atomic E-state index is 0.232. The summed E-state index contributed by atoms with van der Waals surface area (Å²) in [5.74, 6) is -1.56. The number of carbonyl (C=O) groups is 3. The molecule has 25 heavy (non-hydrogen) atoms. The van der Waals surface area contributed by atoms with Crippen LogP contribution in [0.4, 0.5) is 5.69 Å². The van der Waals surface area contributed by atoms with Gasteiger partial charge in [0.2, 0.25) is 5.91 Å². The van der Waals surface area contributed by atoms with Gasteiger partial charge >= 0.3 is 5.97 Å². The van der Waals surface area contributed by atoms with Crippen LogP contribution in [0.3, 0.4) is 0 Å². The number of carbonyl (C=O) groups excluding carboxylic acids is 3. The third-order valence-electron chi connectivity index (χ3n) is 3.70. The number of hydrogen-bond acceptors (Lipinski definition) is 5. The first-order valence-corrected chi connectivity index (χ1v) is 8.03. The van der Waals surface area contributed by atoms with Crippen molar-refractivity contribution in [2.75, 3.05) is 25.0 Å². The number of amides is 2. The highest BCUT2D eigenvalue weighted by Gasteiger charge is 2.14. The highest BCUT2D eigenvalue weighted by Crippen LogP contribution is 2.13. The second-order valence-corrected chi connectivity index (χ2v) is 5.53. The summed E-state index contributed by atoms with van der Waals surface area (Å²) in [5, 5.41) is 11.4. The zero-order chi connectivity index (χ0) is 18.1. The summed E-state index contributed by atoms with van der Waals surface area (Å²) >= 11 is 0. The molecule has 1 N–H and O–H groups in total. The maximum absolute atomic E-state index is 11.9. The molecule has 1 aromatic carbocycles. The first-order chi connectivity index (χ1) is 12.1. The van der Waals surface area contributed by atoms with Gasteiger partial charge in [-0.15, -0.1) is 0 Å². The average molecular weight is 341 g/mol. The van der Waals surface area contributed by atoms with Gasteiger partial charge in [-0.05, 0) is 31.4 Å². The van der Waals surface area contributed by atoms with Crippen LogP contribution in [0.1, 0.15) is 24.8 Å². The van der Waals surface area contributed by atoms with Gasteiger partial charge in [-0.3, -0.25) is 9.59 Å². The van der Waals surface area contributed by atoms with Gasteiger partial charge in [-0.25, -0.2) is 4.79 Å². The molecular formula is C18H19N3O4. The summed E-state index contributed by atoms with van der Waals surface area (Å²) in [7, 11) is 0. The Kier molecular flexibility index (Phi) is 6.72. The van der Waals surface area contributed by atoms with Crippen LogP contribution in [0.2, 0.25) is 0 Å². The molecule has 1 saturated heterocycles. The topological polar surface area (TPSA) is 99.5 Å². The van der Waals surface area contributed by atoms with E-state index in [2.05, 4.69) is 5.32 Å². The van der Waals surface area contributed by atoms with Crippen molar-refractivity contribution in [1.82, 2.24) is 4.90 Å². The van der Waals surface area contributed by atoms with Gasteiger partial charge < -0.3 is 15.0 Å². The molecule has 0 bridgehead atoms. The molecule has 1 fully saturated rings. The zero-order valence-electron chi connectivity index (χ0n) is 13.7. The second-order valence-electron chi connectivity index (χ2n) is 5.53. The van der Waals surface area contributed by atoms with Crippen LogP contribution < -0.4 is 5.32 Å². The van der Waals surface area contributed by atoms with E-state index in [0.29, 0.717) is 24.3 Å². The number of nitrogens with one attached hydrogen (secondary N) is 1. The lowest BCUT2D eigenvalue weighted by atomic mass is 10.1. The monoisotopic (exact) mass is 341 g/mol. The number of benzene rings is 1. The Balaban J connectivity index is 1.77. The van der Waals surface area contributed by atoms with Gasteiger partial charge in [0.25, 0.3) is 5.91 Å². The van der Waals surface area contributed by atoms with Crippen LogP contribution in [0.25, 0.3) is 0 Å². The summed E-state index contributed by atoms with van der Waals surface area (Å²) in [6, 6.07) is 8.46. The Labute approximate surface area is 145 Å². The van der Waals surface area contributed by atoms with Gasteiger partial charge in [-0.2, -0.15) is 5.26 Å². The first kappa shape index (κ1) is 18.2. The standard InChI is InChI=1S/C18H19N3O4/c19-12-14-6-2-3-7-15(14)20-16(22)13-25-18(24)9-8-17(23)21-10-4-1-5-11-21/h2-3,6-9H,1,4-5,10-11,13H2,(H,20,22). The number of nitrogens with zero attached hydrogens (tertiary/aromatic N) is 2. The maximum atomic E-state index is 11.9. The van der Waals surface area contributed by atoms with Crippen LogP contribution in [0.15, 0.2) is 36.4 Å². The van der Waals surface area contributed by atoms with Gasteiger partial charge in [0, 0.05) is 25.2 Å². The average Bonchev–Trinajstić information content (AvgIpc) is 2.65. The van der Waals surface area contributed by atoms with Crippen molar-refractivity contribution >= 4 is 23.5 Å². The summed E-state index contributed by atoms with van der Waals surface area (Å²) in [5.41, 5.74) is 0.663. The summed E-state index contributed by atoms with van der Waals surface area (Å²) in [6.07, 6.45) is 5.23. The Bertz CT molecular complexity index is 715. The molecule has 0 aromatic heterocycles. The molecule has 1 heterocycles. The van der Waals surface area contributed by atoms with E-state index in [9.17, 15) is 14.4 Å². The molecule has 2 amide bonds. The number of rotatable bonds is 5. The number of piperidine rings is 1. The molecule has 7 nitrogen and oxygen atoms in total. The smallest absolute Gasteiger partial charge is 0.331 e. The van der Waals surface area contributed by atoms with Crippen LogP contribution in [-0.2, 0) is 19.1 Å². The lowest BCUT2D eigenvalue weighted by Crippen LogP contribution is -2.34. The Morgan fingerprint density at radius 1 is 1.16 bits per heavy atom. The lowest BCUT2D eigenvalue weighted by molar-refractivity contribution is -0.142. The van der Waals surface area contributed by atoms with E-state index in [1.807, 2.05) is 6.07 Å². The molecule has 130 valence electrons. The number of esters is 1. The van der Waals surface area contributed by atoms with Crippen LogP contribution >= 0.6 is 0 Å². The maximum Gasteiger partial charge on any atom is 0.331 e. The molecule has 0 aliphatic carbocycles. The van der Waals surface area contributed by atoms with Gasteiger partial charge in [0.15, 0.2) is 6.61 Å². The van der Waals surface area contributed by atoms with E-state index < -0.39 is 18.5 Å². The molecule has 0 atom stereocenters. The quantitative estimate of drug-likeness (QED) is 0.648. The zero-order valence-corrected chi connectivity index (χ0v) is 13.7. The Morgan fingerprint density at radius 2 is 1.88 bits per heavy atom. The molecular weight excluding hydrogens is 322 g/mol. The number of nitriles is 1. The van der Waals surface area contributed by atoms with E-state index in [1.54, 1.807) is 29.2 Å². The predicted molar refractivity (Wildman–Crippen MR) is 90.3 cm³/mol. The van der Waals surface area contributed by atoms with Gasteiger partial charge in [0.05, 0.1) is 11.3 Å². The van der Waals surface area contributed by atoms with Crippen molar-refractivity contribution < 1.29 is 19.1 Å². The van der Waals surface area contributed by atoms with E-state index in [-0.39, 0.29) is 5.91 Å². The lowest BCUT2D eigenvalue weighted by Gasteiger charge is -2.25. The second kappa shape index (κ2) is 9.23. The molecule has 0 saturated carbocycles. The van der Waals surface area contributed by atoms with Crippen molar-refractivity contribution in [3.8, 4) is 6.07 Å². The largest absolute Gasteiger partial charge is 0.452 e. The Morgan fingerprint density at radius 3 is 2.60 bits per heavy atom. The van der Waals surface area contributed by atoms with Crippen molar-refractivity contribution in [1.29, 1.82) is 5.26 Å². The predicted octanol–water partition coefficient (Wildman–Crippen LogP) is 1.61. The van der Waals surface area contributed by atoms with E-state index in [1.165, 1.54) is 0 Å². The fourth-order valence-corrected chi connectivity index (χ4v) is 2.42. The molecule has 7 heteroatoms. The van der Waals surface area contributed by atoms with Crippen molar-refractivity contribution in [3.63, 3.8) is 0 Å². The number of likely N-dealkylation sites (tertiary alicyclic amines) is 1. The summed E-state index contributed by atoms with van der Waals surface area (Å²) in [6.45, 7) is 0.888. The SMILES string of the molecule is N#Cc1ccccc1NC(=O)COC(=O)C=CC(=O)N1CCCCC1. The van der Waals surface area contributed by atoms with Crippen molar-refractivity contribution in [3.05, 3.63) is 42.0 Å². The molecule has 0 spiro atoms. The summed E-state index contributed by atoms with van der Waals surface area (Å²) in [4.78, 5) is 36.9. The van der Waals surface area contributed by atoms with Gasteiger partial charge in [0.1, 0.15) is 6.07 Å². The van der Waals surface area contributed by atoms with E-state index in [4.69, 9.17) is 10.00 Å². The highest BCUT2D eigenvalue weighted by molar-refractivity contribution is 5.97. The van der Waals surface area contributed by atoms with E-state index in [0.717, 1.165) is 31.4 Å². The minimum atomic E-state index is -0.769. The van der Waals surface area contributed by atoms with E-state index >= 15 is 0 Å². The first-order valence-electron chi connectivity index (χ1n) is 8.03. The fourth-order valence-electron chi connectivity index (χ4n) is 2.42. The molecule has 2 rings (SSSR count). The number of para-hydroxylation sites is 1. The number of anilines is 1. The number of hydrogen-bond donors (Lipinski definition) is 1. The normalized spacial score (nSPS) is 14.0. The van der Waals surface area contributed by atoms with Crippen molar-refractivity contribution in [2.45, 2.75) is 19.3 Å². The van der Waals surface area contributed by atoms with Crippen molar-refractivity contribution in [2.24, 2.45) is 0 Å².